The zero-order valence-electron chi connectivity index (χ0n) is 12.9. The van der Waals surface area contributed by atoms with E-state index in [0.29, 0.717) is 6.04 Å². The van der Waals surface area contributed by atoms with Crippen LogP contribution < -0.4 is 10.1 Å². The second-order valence-corrected chi connectivity index (χ2v) is 5.69. The Hall–Kier alpha value is -1.32. The highest BCUT2D eigenvalue weighted by molar-refractivity contribution is 5.37. The van der Waals surface area contributed by atoms with E-state index in [4.69, 9.17) is 4.74 Å². The predicted molar refractivity (Wildman–Crippen MR) is 84.3 cm³/mol. The number of rotatable bonds is 5. The van der Waals surface area contributed by atoms with E-state index >= 15 is 0 Å². The van der Waals surface area contributed by atoms with Crippen molar-refractivity contribution in [3.8, 4) is 5.75 Å². The normalized spacial score (nSPS) is 17.8. The van der Waals surface area contributed by atoms with E-state index in [0.717, 1.165) is 38.3 Å². The molecule has 1 N–H and O–H groups in total. The van der Waals surface area contributed by atoms with Crippen molar-refractivity contribution < 1.29 is 4.74 Å². The van der Waals surface area contributed by atoms with Crippen molar-refractivity contribution >= 4 is 0 Å². The molecule has 110 valence electrons. The van der Waals surface area contributed by atoms with Gasteiger partial charge < -0.3 is 10.1 Å². The van der Waals surface area contributed by atoms with E-state index < -0.39 is 0 Å². The number of hydrogen-bond acceptors (Lipinski definition) is 3. The third-order valence-electron chi connectivity index (χ3n) is 3.94. The maximum atomic E-state index is 5.37. The van der Waals surface area contributed by atoms with Crippen LogP contribution in [0.1, 0.15) is 30.5 Å². The summed E-state index contributed by atoms with van der Waals surface area (Å²) in [6, 6.07) is 6.97. The van der Waals surface area contributed by atoms with Crippen molar-refractivity contribution in [2.45, 2.75) is 26.3 Å². The highest BCUT2D eigenvalue weighted by Crippen LogP contribution is 2.30. The fourth-order valence-electron chi connectivity index (χ4n) is 2.89. The van der Waals surface area contributed by atoms with E-state index in [1.165, 1.54) is 16.7 Å². The molecule has 1 atom stereocenters. The van der Waals surface area contributed by atoms with Gasteiger partial charge in [-0.05, 0) is 37.5 Å². The second-order valence-electron chi connectivity index (χ2n) is 5.69. The van der Waals surface area contributed by atoms with Crippen LogP contribution in [0.25, 0.3) is 0 Å². The predicted octanol–water partition coefficient (Wildman–Crippen LogP) is 2.92. The number of benzene rings is 1. The minimum atomic E-state index is 0.430. The van der Waals surface area contributed by atoms with Crippen LogP contribution in [0.15, 0.2) is 30.4 Å². The first-order valence-corrected chi connectivity index (χ1v) is 7.35. The van der Waals surface area contributed by atoms with E-state index in [1.54, 1.807) is 7.11 Å². The molecule has 0 radical (unpaired) electrons. The standard InChI is InChI=1S/C17H26N2O/c1-13(2)11-16(19-9-7-18-8-10-19)15-5-6-17(20-4)14(3)12-15/h5-6,12,16,18H,1,7-11H2,2-4H3/t16-/m1/s1. The molecule has 3 heteroatoms. The van der Waals surface area contributed by atoms with Gasteiger partial charge in [0, 0.05) is 32.2 Å². The molecule has 0 spiro atoms. The Morgan fingerprint density at radius 2 is 2.10 bits per heavy atom. The number of nitrogens with one attached hydrogen (secondary N) is 1. The van der Waals surface area contributed by atoms with Crippen molar-refractivity contribution in [2.75, 3.05) is 33.3 Å². The number of hydrogen-bond donors (Lipinski definition) is 1. The lowest BCUT2D eigenvalue weighted by Crippen LogP contribution is -2.45. The first-order chi connectivity index (χ1) is 9.61. The van der Waals surface area contributed by atoms with Gasteiger partial charge in [0.05, 0.1) is 7.11 Å². The maximum absolute atomic E-state index is 5.37. The summed E-state index contributed by atoms with van der Waals surface area (Å²) in [4.78, 5) is 2.56. The summed E-state index contributed by atoms with van der Waals surface area (Å²) in [7, 11) is 1.73. The van der Waals surface area contributed by atoms with Crippen LogP contribution in [0.3, 0.4) is 0 Å². The van der Waals surface area contributed by atoms with E-state index in [2.05, 4.69) is 48.8 Å². The lowest BCUT2D eigenvalue weighted by Gasteiger charge is -2.35. The summed E-state index contributed by atoms with van der Waals surface area (Å²) >= 11 is 0. The van der Waals surface area contributed by atoms with Crippen LogP contribution >= 0.6 is 0 Å². The molecule has 0 saturated carbocycles. The molecule has 0 aliphatic carbocycles. The third-order valence-corrected chi connectivity index (χ3v) is 3.94. The molecular weight excluding hydrogens is 248 g/mol. The van der Waals surface area contributed by atoms with E-state index in [1.807, 2.05) is 0 Å². The third kappa shape index (κ3) is 3.62. The van der Waals surface area contributed by atoms with E-state index in [-0.39, 0.29) is 0 Å². The number of aryl methyl sites for hydroxylation is 1. The first-order valence-electron chi connectivity index (χ1n) is 7.35. The van der Waals surface area contributed by atoms with Gasteiger partial charge in [-0.3, -0.25) is 4.90 Å². The number of methoxy groups -OCH3 is 1. The lowest BCUT2D eigenvalue weighted by atomic mass is 9.96. The van der Waals surface area contributed by atoms with E-state index in [9.17, 15) is 0 Å². The topological polar surface area (TPSA) is 24.5 Å². The van der Waals surface area contributed by atoms with Crippen molar-refractivity contribution in [3.63, 3.8) is 0 Å². The number of piperazine rings is 1. The minimum Gasteiger partial charge on any atom is -0.496 e. The fraction of sp³-hybridized carbons (Fsp3) is 0.529. The summed E-state index contributed by atoms with van der Waals surface area (Å²) in [5, 5.41) is 3.42. The van der Waals surface area contributed by atoms with Crippen molar-refractivity contribution in [1.29, 1.82) is 0 Å². The smallest absolute Gasteiger partial charge is 0.121 e. The largest absolute Gasteiger partial charge is 0.496 e. The molecule has 3 nitrogen and oxygen atoms in total. The molecule has 1 heterocycles. The lowest BCUT2D eigenvalue weighted by molar-refractivity contribution is 0.172. The molecular formula is C17H26N2O. The van der Waals surface area contributed by atoms with Gasteiger partial charge in [-0.2, -0.15) is 0 Å². The van der Waals surface area contributed by atoms with Crippen LogP contribution in [0, 0.1) is 6.92 Å². The molecule has 0 amide bonds. The summed E-state index contributed by atoms with van der Waals surface area (Å²) < 4.78 is 5.37. The molecule has 20 heavy (non-hydrogen) atoms. The highest BCUT2D eigenvalue weighted by atomic mass is 16.5. The average Bonchev–Trinajstić information content (AvgIpc) is 2.45. The minimum absolute atomic E-state index is 0.430. The Labute approximate surface area is 122 Å². The van der Waals surface area contributed by atoms with Gasteiger partial charge in [0.2, 0.25) is 0 Å². The molecule has 1 aromatic rings. The quantitative estimate of drug-likeness (QED) is 0.836. The van der Waals surface area contributed by atoms with Crippen LogP contribution in [-0.4, -0.2) is 38.2 Å². The molecule has 1 aliphatic heterocycles. The van der Waals surface area contributed by atoms with Crippen LogP contribution in [0.4, 0.5) is 0 Å². The van der Waals surface area contributed by atoms with Crippen LogP contribution in [0.2, 0.25) is 0 Å². The fourth-order valence-corrected chi connectivity index (χ4v) is 2.89. The SMILES string of the molecule is C=C(C)C[C@H](c1ccc(OC)c(C)c1)N1CCNCC1. The van der Waals surface area contributed by atoms with Crippen molar-refractivity contribution in [1.82, 2.24) is 10.2 Å². The molecule has 1 saturated heterocycles. The molecule has 1 aromatic carbocycles. The second kappa shape index (κ2) is 6.91. The maximum Gasteiger partial charge on any atom is 0.121 e. The molecule has 0 aromatic heterocycles. The number of ether oxygens (including phenoxy) is 1. The van der Waals surface area contributed by atoms with Gasteiger partial charge >= 0.3 is 0 Å². The van der Waals surface area contributed by atoms with Gasteiger partial charge in [-0.25, -0.2) is 0 Å². The summed E-state index contributed by atoms with van der Waals surface area (Å²) in [5.41, 5.74) is 3.81. The Balaban J connectivity index is 2.25. The molecule has 2 rings (SSSR count). The van der Waals surface area contributed by atoms with Crippen LogP contribution in [0.5, 0.6) is 5.75 Å². The van der Waals surface area contributed by atoms with Gasteiger partial charge in [0.25, 0.3) is 0 Å². The summed E-state index contributed by atoms with van der Waals surface area (Å²) in [5.74, 6) is 0.961. The summed E-state index contributed by atoms with van der Waals surface area (Å²) in [6.07, 6.45) is 1.02. The Morgan fingerprint density at radius 3 is 2.65 bits per heavy atom. The van der Waals surface area contributed by atoms with Crippen LogP contribution in [-0.2, 0) is 0 Å². The van der Waals surface area contributed by atoms with Gasteiger partial charge in [-0.1, -0.05) is 17.7 Å². The Kier molecular flexibility index (Phi) is 5.21. The average molecular weight is 274 g/mol. The Bertz CT molecular complexity index is 464. The van der Waals surface area contributed by atoms with Gasteiger partial charge in [-0.15, -0.1) is 6.58 Å². The van der Waals surface area contributed by atoms with Gasteiger partial charge in [0.15, 0.2) is 0 Å². The molecule has 0 unspecified atom stereocenters. The Morgan fingerprint density at radius 1 is 1.40 bits per heavy atom. The molecule has 1 aliphatic rings. The zero-order valence-corrected chi connectivity index (χ0v) is 12.9. The highest BCUT2D eigenvalue weighted by Gasteiger charge is 2.22. The summed E-state index contributed by atoms with van der Waals surface area (Å²) in [6.45, 7) is 12.7. The molecule has 0 bridgehead atoms. The van der Waals surface area contributed by atoms with Crippen molar-refractivity contribution in [3.05, 3.63) is 41.5 Å². The van der Waals surface area contributed by atoms with Crippen molar-refractivity contribution in [2.24, 2.45) is 0 Å². The number of nitrogens with zero attached hydrogens (tertiary/aromatic N) is 1. The first kappa shape index (κ1) is 15.1. The molecule has 1 fully saturated rings. The zero-order chi connectivity index (χ0) is 14.5. The monoisotopic (exact) mass is 274 g/mol. The van der Waals surface area contributed by atoms with Gasteiger partial charge in [0.1, 0.15) is 5.75 Å².